The number of nitrogens with one attached hydrogen (secondary N) is 1. The quantitative estimate of drug-likeness (QED) is 0.834. The molecule has 1 heterocycles. The minimum atomic E-state index is -4.30. The lowest BCUT2D eigenvalue weighted by molar-refractivity contribution is 0.484. The van der Waals surface area contributed by atoms with E-state index in [-0.39, 0.29) is 4.90 Å². The third kappa shape index (κ3) is 2.41. The van der Waals surface area contributed by atoms with Gasteiger partial charge in [-0.25, -0.2) is 5.01 Å². The van der Waals surface area contributed by atoms with Gasteiger partial charge in [-0.3, -0.25) is 9.96 Å². The Morgan fingerprint density at radius 2 is 2.05 bits per heavy atom. The van der Waals surface area contributed by atoms with Crippen molar-refractivity contribution in [2.45, 2.75) is 18.2 Å². The summed E-state index contributed by atoms with van der Waals surface area (Å²) in [5.74, 6) is 0.330. The summed E-state index contributed by atoms with van der Waals surface area (Å²) in [6.07, 6.45) is 0.470. The van der Waals surface area contributed by atoms with E-state index in [1.54, 1.807) is 30.3 Å². The standard InChI is InChI=1S/C14H13N3O3S/c1-9-7-14(15)17(16-9)11-6-5-10-3-2-4-13(12(10)8-11)21(18,19)20/h2-6,8,15H,7H2,1H3,(H,18,19,20). The van der Waals surface area contributed by atoms with Crippen LogP contribution in [0.15, 0.2) is 46.4 Å². The van der Waals surface area contributed by atoms with Crippen molar-refractivity contribution in [2.24, 2.45) is 5.10 Å². The average Bonchev–Trinajstić information content (AvgIpc) is 2.75. The summed E-state index contributed by atoms with van der Waals surface area (Å²) in [5, 5.41) is 14.7. The number of nitrogens with zero attached hydrogens (tertiary/aromatic N) is 2. The summed E-state index contributed by atoms with van der Waals surface area (Å²) in [5.41, 5.74) is 1.42. The van der Waals surface area contributed by atoms with Gasteiger partial charge in [0.05, 0.1) is 5.69 Å². The van der Waals surface area contributed by atoms with Gasteiger partial charge in [0.2, 0.25) is 0 Å². The van der Waals surface area contributed by atoms with E-state index in [2.05, 4.69) is 5.10 Å². The van der Waals surface area contributed by atoms with Crippen LogP contribution in [-0.4, -0.2) is 24.5 Å². The van der Waals surface area contributed by atoms with Crippen molar-refractivity contribution in [1.29, 1.82) is 5.41 Å². The van der Waals surface area contributed by atoms with Crippen LogP contribution in [0.5, 0.6) is 0 Å². The van der Waals surface area contributed by atoms with Crippen molar-refractivity contribution in [3.63, 3.8) is 0 Å². The number of hydrogen-bond donors (Lipinski definition) is 2. The normalized spacial score (nSPS) is 15.6. The van der Waals surface area contributed by atoms with Crippen LogP contribution in [0, 0.1) is 5.41 Å². The molecule has 0 bridgehead atoms. The monoisotopic (exact) mass is 303 g/mol. The van der Waals surface area contributed by atoms with E-state index in [9.17, 15) is 13.0 Å². The molecule has 0 atom stereocenters. The van der Waals surface area contributed by atoms with E-state index in [4.69, 9.17) is 5.41 Å². The van der Waals surface area contributed by atoms with E-state index in [0.717, 1.165) is 5.71 Å². The molecule has 108 valence electrons. The first kappa shape index (κ1) is 13.7. The SMILES string of the molecule is CC1=NN(c2ccc3cccc(S(=O)(=O)O)c3c2)C(=N)C1. The first-order chi connectivity index (χ1) is 9.86. The highest BCUT2D eigenvalue weighted by molar-refractivity contribution is 7.86. The van der Waals surface area contributed by atoms with Crippen LogP contribution in [0.2, 0.25) is 0 Å². The summed E-state index contributed by atoms with van der Waals surface area (Å²) in [6.45, 7) is 1.83. The number of benzene rings is 2. The molecular weight excluding hydrogens is 290 g/mol. The van der Waals surface area contributed by atoms with E-state index < -0.39 is 10.1 Å². The molecule has 2 aromatic carbocycles. The molecule has 2 N–H and O–H groups in total. The van der Waals surface area contributed by atoms with Crippen LogP contribution in [0.4, 0.5) is 5.69 Å². The van der Waals surface area contributed by atoms with E-state index in [1.165, 1.54) is 11.1 Å². The van der Waals surface area contributed by atoms with Crippen molar-refractivity contribution in [1.82, 2.24) is 0 Å². The zero-order valence-electron chi connectivity index (χ0n) is 11.2. The first-order valence-corrected chi connectivity index (χ1v) is 7.72. The van der Waals surface area contributed by atoms with Crippen molar-refractivity contribution in [2.75, 3.05) is 5.01 Å². The van der Waals surface area contributed by atoms with Crippen LogP contribution >= 0.6 is 0 Å². The number of hydrazone groups is 1. The van der Waals surface area contributed by atoms with Gasteiger partial charge >= 0.3 is 0 Å². The second-order valence-electron chi connectivity index (χ2n) is 4.91. The van der Waals surface area contributed by atoms with Crippen molar-refractivity contribution < 1.29 is 13.0 Å². The molecule has 0 unspecified atom stereocenters. The minimum absolute atomic E-state index is 0.145. The number of hydrogen-bond acceptors (Lipinski definition) is 4. The molecule has 0 amide bonds. The zero-order valence-corrected chi connectivity index (χ0v) is 12.1. The fourth-order valence-electron chi connectivity index (χ4n) is 2.39. The summed E-state index contributed by atoms with van der Waals surface area (Å²) < 4.78 is 32.3. The second-order valence-corrected chi connectivity index (χ2v) is 6.30. The fraction of sp³-hybridized carbons (Fsp3) is 0.143. The lowest BCUT2D eigenvalue weighted by Gasteiger charge is -2.15. The van der Waals surface area contributed by atoms with Gasteiger partial charge in [0.1, 0.15) is 10.7 Å². The van der Waals surface area contributed by atoms with Crippen LogP contribution in [-0.2, 0) is 10.1 Å². The Hall–Kier alpha value is -2.25. The molecule has 21 heavy (non-hydrogen) atoms. The molecule has 1 aliphatic heterocycles. The molecule has 0 radical (unpaired) electrons. The molecule has 0 fully saturated rings. The lowest BCUT2D eigenvalue weighted by atomic mass is 10.1. The van der Waals surface area contributed by atoms with Gasteiger partial charge in [-0.1, -0.05) is 18.2 Å². The Balaban J connectivity index is 2.22. The summed E-state index contributed by atoms with van der Waals surface area (Å²) >= 11 is 0. The van der Waals surface area contributed by atoms with Crippen molar-refractivity contribution >= 4 is 38.1 Å². The highest BCUT2D eigenvalue weighted by Gasteiger charge is 2.21. The molecule has 0 spiro atoms. The summed E-state index contributed by atoms with van der Waals surface area (Å²) in [4.78, 5) is -0.145. The molecule has 0 saturated carbocycles. The van der Waals surface area contributed by atoms with Gasteiger partial charge in [0, 0.05) is 17.5 Å². The lowest BCUT2D eigenvalue weighted by Crippen LogP contribution is -2.18. The first-order valence-electron chi connectivity index (χ1n) is 6.28. The summed E-state index contributed by atoms with van der Waals surface area (Å²) in [6, 6.07) is 9.83. The highest BCUT2D eigenvalue weighted by Crippen LogP contribution is 2.29. The van der Waals surface area contributed by atoms with Gasteiger partial charge in [0.15, 0.2) is 0 Å². The van der Waals surface area contributed by atoms with Crippen molar-refractivity contribution in [3.8, 4) is 0 Å². The maximum Gasteiger partial charge on any atom is 0.295 e. The largest absolute Gasteiger partial charge is 0.295 e. The molecule has 3 rings (SSSR count). The zero-order chi connectivity index (χ0) is 15.2. The molecule has 0 aromatic heterocycles. The second kappa shape index (κ2) is 4.64. The molecule has 6 nitrogen and oxygen atoms in total. The minimum Gasteiger partial charge on any atom is -0.286 e. The Morgan fingerprint density at radius 1 is 1.29 bits per heavy atom. The molecular formula is C14H13N3O3S. The summed E-state index contributed by atoms with van der Waals surface area (Å²) in [7, 11) is -4.30. The topological polar surface area (TPSA) is 93.8 Å². The maximum absolute atomic E-state index is 11.5. The Labute approximate surface area is 122 Å². The van der Waals surface area contributed by atoms with E-state index in [1.807, 2.05) is 6.92 Å². The molecule has 0 saturated heterocycles. The third-order valence-corrected chi connectivity index (χ3v) is 4.21. The number of rotatable bonds is 2. The van der Waals surface area contributed by atoms with E-state index >= 15 is 0 Å². The van der Waals surface area contributed by atoms with Crippen LogP contribution in [0.3, 0.4) is 0 Å². The number of anilines is 1. The van der Waals surface area contributed by atoms with Gasteiger partial charge < -0.3 is 0 Å². The maximum atomic E-state index is 11.5. The van der Waals surface area contributed by atoms with Crippen LogP contribution < -0.4 is 5.01 Å². The predicted octanol–water partition coefficient (Wildman–Crippen LogP) is 2.65. The van der Waals surface area contributed by atoms with Crippen LogP contribution in [0.25, 0.3) is 10.8 Å². The Morgan fingerprint density at radius 3 is 2.67 bits per heavy atom. The predicted molar refractivity (Wildman–Crippen MR) is 81.7 cm³/mol. The fourth-order valence-corrected chi connectivity index (χ4v) is 3.09. The Bertz CT molecular complexity index is 887. The number of fused-ring (bicyclic) bond motifs is 1. The molecule has 7 heteroatoms. The van der Waals surface area contributed by atoms with Gasteiger partial charge in [-0.05, 0) is 30.5 Å². The third-order valence-electron chi connectivity index (χ3n) is 3.30. The molecule has 2 aromatic rings. The van der Waals surface area contributed by atoms with Crippen molar-refractivity contribution in [3.05, 3.63) is 36.4 Å². The van der Waals surface area contributed by atoms with E-state index in [0.29, 0.717) is 28.7 Å². The molecule has 1 aliphatic rings. The smallest absolute Gasteiger partial charge is 0.286 e. The number of amidine groups is 1. The Kier molecular flexibility index (Phi) is 3.03. The van der Waals surface area contributed by atoms with Crippen LogP contribution in [0.1, 0.15) is 13.3 Å². The van der Waals surface area contributed by atoms with Gasteiger partial charge in [0.25, 0.3) is 10.1 Å². The van der Waals surface area contributed by atoms with Gasteiger partial charge in [-0.15, -0.1) is 0 Å². The average molecular weight is 303 g/mol. The molecule has 0 aliphatic carbocycles. The van der Waals surface area contributed by atoms with Gasteiger partial charge in [-0.2, -0.15) is 13.5 Å². The highest BCUT2D eigenvalue weighted by atomic mass is 32.2.